The minimum atomic E-state index is -2.05. The summed E-state index contributed by atoms with van der Waals surface area (Å²) in [5.41, 5.74) is 1.96. The van der Waals surface area contributed by atoms with Gasteiger partial charge in [-0.2, -0.15) is 5.10 Å². The SMILES string of the molecule is CC(=O)c1nn2c3c(cc(-c4cnc(C)nc4)cc13)CCCCCCC(=O)NC[C@@]1(F)C[C@@H](C(=O)Nc3nc(Br)ccc3C)N(C1)C(=O)C2. The molecule has 2 aliphatic heterocycles. The van der Waals surface area contributed by atoms with Crippen LogP contribution in [0.4, 0.5) is 10.2 Å². The van der Waals surface area contributed by atoms with E-state index in [1.807, 2.05) is 12.1 Å². The number of nitrogens with zero attached hydrogens (tertiary/aromatic N) is 6. The van der Waals surface area contributed by atoms with Crippen LogP contribution in [0.15, 0.2) is 41.3 Å². The van der Waals surface area contributed by atoms with Crippen molar-refractivity contribution in [3.05, 3.63) is 63.9 Å². The number of ketones is 1. The molecule has 2 atom stereocenters. The summed E-state index contributed by atoms with van der Waals surface area (Å²) >= 11 is 3.31. The minimum Gasteiger partial charge on any atom is -0.353 e. The van der Waals surface area contributed by atoms with Gasteiger partial charge < -0.3 is 15.5 Å². The predicted molar refractivity (Wildman–Crippen MR) is 185 cm³/mol. The first-order chi connectivity index (χ1) is 23.4. The third-order valence-electron chi connectivity index (χ3n) is 9.17. The van der Waals surface area contributed by atoms with Crippen molar-refractivity contribution in [2.45, 2.75) is 84.0 Å². The molecular weight excluding hydrogens is 695 g/mol. The molecule has 0 aliphatic carbocycles. The predicted octanol–water partition coefficient (Wildman–Crippen LogP) is 5.04. The minimum absolute atomic E-state index is 0.211. The smallest absolute Gasteiger partial charge is 0.248 e. The Bertz CT molecular complexity index is 1950. The number of halogens is 2. The molecule has 0 spiro atoms. The van der Waals surface area contributed by atoms with Crippen molar-refractivity contribution in [1.29, 1.82) is 0 Å². The summed E-state index contributed by atoms with van der Waals surface area (Å²) in [6, 6.07) is 6.20. The van der Waals surface area contributed by atoms with Crippen LogP contribution in [-0.2, 0) is 27.3 Å². The maximum atomic E-state index is 16.5. The van der Waals surface area contributed by atoms with E-state index in [4.69, 9.17) is 0 Å². The van der Waals surface area contributed by atoms with Crippen LogP contribution in [0.2, 0.25) is 0 Å². The van der Waals surface area contributed by atoms with Gasteiger partial charge in [-0.15, -0.1) is 0 Å². The number of alkyl halides is 1. The van der Waals surface area contributed by atoms with Gasteiger partial charge in [-0.25, -0.2) is 19.3 Å². The second-order valence-electron chi connectivity index (χ2n) is 13.0. The maximum absolute atomic E-state index is 16.5. The lowest BCUT2D eigenvalue weighted by Crippen LogP contribution is -2.45. The van der Waals surface area contributed by atoms with Crippen molar-refractivity contribution in [3.63, 3.8) is 0 Å². The number of nitrogens with one attached hydrogen (secondary N) is 2. The zero-order chi connectivity index (χ0) is 34.9. The zero-order valence-electron chi connectivity index (χ0n) is 27.7. The second kappa shape index (κ2) is 14.1. The summed E-state index contributed by atoms with van der Waals surface area (Å²) in [4.78, 5) is 67.7. The number of aromatic nitrogens is 5. The average Bonchev–Trinajstić information content (AvgIpc) is 3.62. The summed E-state index contributed by atoms with van der Waals surface area (Å²) in [5.74, 6) is -0.760. The largest absolute Gasteiger partial charge is 0.353 e. The van der Waals surface area contributed by atoms with Gasteiger partial charge in [0.1, 0.15) is 40.2 Å². The fraction of sp³-hybridized carbons (Fsp3) is 0.429. The lowest BCUT2D eigenvalue weighted by Gasteiger charge is -2.24. The molecule has 2 bridgehead atoms. The van der Waals surface area contributed by atoms with Crippen LogP contribution in [-0.4, -0.2) is 77.9 Å². The van der Waals surface area contributed by atoms with Gasteiger partial charge in [0.25, 0.3) is 0 Å². The highest BCUT2D eigenvalue weighted by atomic mass is 79.9. The molecule has 14 heteroatoms. The fourth-order valence-electron chi connectivity index (χ4n) is 6.59. The van der Waals surface area contributed by atoms with Gasteiger partial charge in [-0.1, -0.05) is 18.9 Å². The maximum Gasteiger partial charge on any atom is 0.248 e. The molecule has 6 rings (SSSR count). The highest BCUT2D eigenvalue weighted by molar-refractivity contribution is 9.10. The van der Waals surface area contributed by atoms with E-state index in [2.05, 4.69) is 46.6 Å². The Morgan fingerprint density at radius 3 is 2.51 bits per heavy atom. The number of hydrogen-bond acceptors (Lipinski definition) is 8. The number of amides is 3. The number of carbonyl (C=O) groups is 4. The van der Waals surface area contributed by atoms with Crippen molar-refractivity contribution in [2.24, 2.45) is 0 Å². The number of anilines is 1. The number of Topliss-reactive ketones (excluding diaryl/α,β-unsaturated/α-hetero) is 1. The Balaban J connectivity index is 1.41. The van der Waals surface area contributed by atoms with E-state index in [1.54, 1.807) is 38.4 Å². The normalized spacial score (nSPS) is 20.6. The van der Waals surface area contributed by atoms with Gasteiger partial charge in [0, 0.05) is 43.1 Å². The molecule has 3 aromatic heterocycles. The van der Waals surface area contributed by atoms with Crippen LogP contribution < -0.4 is 10.6 Å². The molecule has 0 saturated carbocycles. The van der Waals surface area contributed by atoms with Gasteiger partial charge in [-0.3, -0.25) is 23.9 Å². The highest BCUT2D eigenvalue weighted by Crippen LogP contribution is 2.34. The van der Waals surface area contributed by atoms with Gasteiger partial charge >= 0.3 is 0 Å². The Hall–Kier alpha value is -4.59. The molecule has 49 heavy (non-hydrogen) atoms. The van der Waals surface area contributed by atoms with Crippen molar-refractivity contribution >= 4 is 56.2 Å². The average molecular weight is 734 g/mol. The highest BCUT2D eigenvalue weighted by Gasteiger charge is 2.49. The van der Waals surface area contributed by atoms with Crippen LogP contribution in [0.1, 0.15) is 72.9 Å². The molecule has 0 unspecified atom stereocenters. The molecular formula is C35H38BrFN8O4. The molecule has 5 heterocycles. The molecule has 12 nitrogen and oxygen atoms in total. The Labute approximate surface area is 291 Å². The van der Waals surface area contributed by atoms with Crippen LogP contribution >= 0.6 is 15.9 Å². The standard InChI is InChI=1S/C35H38BrFN8O4/c1-20-10-11-28(36)41-33(20)42-34(49)27-14-35(37)18-40-29(47)9-7-5-4-6-8-23-12-24(25-15-38-22(3)39-16-25)13-26-31(21(2)46)43-45(32(23)26)17-30(48)44(27)19-35/h10-13,15-16,27H,4-9,14,17-19H2,1-3H3,(H,40,47)(H,41,42,49)/t27-,35-/m0/s1. The summed E-state index contributed by atoms with van der Waals surface area (Å²) < 4.78 is 18.5. The van der Waals surface area contributed by atoms with Crippen LogP contribution in [0.3, 0.4) is 0 Å². The van der Waals surface area contributed by atoms with E-state index < -0.39 is 30.1 Å². The summed E-state index contributed by atoms with van der Waals surface area (Å²) in [5, 5.41) is 10.7. The Morgan fingerprint density at radius 1 is 1.04 bits per heavy atom. The third kappa shape index (κ3) is 7.53. The Kier molecular flexibility index (Phi) is 9.87. The van der Waals surface area contributed by atoms with E-state index in [0.717, 1.165) is 36.0 Å². The quantitative estimate of drug-likeness (QED) is 0.219. The molecule has 2 N–H and O–H groups in total. The van der Waals surface area contributed by atoms with E-state index >= 15 is 4.39 Å². The molecule has 1 aromatic carbocycles. The van der Waals surface area contributed by atoms with Gasteiger partial charge in [0.05, 0.1) is 18.6 Å². The molecule has 2 aliphatic rings. The number of hydrogen-bond donors (Lipinski definition) is 2. The molecule has 1 fully saturated rings. The van der Waals surface area contributed by atoms with Gasteiger partial charge in [0.15, 0.2) is 5.78 Å². The molecule has 1 saturated heterocycles. The number of rotatable bonds is 4. The van der Waals surface area contributed by atoms with Crippen LogP contribution in [0.25, 0.3) is 22.0 Å². The van der Waals surface area contributed by atoms with Gasteiger partial charge in [0.2, 0.25) is 17.7 Å². The molecule has 4 aromatic rings. The molecule has 3 amide bonds. The number of pyridine rings is 1. The fourth-order valence-corrected chi connectivity index (χ4v) is 6.90. The number of carbonyl (C=O) groups excluding carboxylic acids is 4. The van der Waals surface area contributed by atoms with Crippen LogP contribution in [0, 0.1) is 13.8 Å². The summed E-state index contributed by atoms with van der Waals surface area (Å²) in [6.45, 7) is 3.95. The number of fused-ring (bicyclic) bond motifs is 2. The third-order valence-corrected chi connectivity index (χ3v) is 9.62. The van der Waals surface area contributed by atoms with Crippen LogP contribution in [0.5, 0.6) is 0 Å². The first-order valence-corrected chi connectivity index (χ1v) is 17.2. The summed E-state index contributed by atoms with van der Waals surface area (Å²) in [7, 11) is 0. The first-order valence-electron chi connectivity index (χ1n) is 16.4. The van der Waals surface area contributed by atoms with E-state index in [1.165, 1.54) is 16.5 Å². The Morgan fingerprint density at radius 2 is 1.78 bits per heavy atom. The lowest BCUT2D eigenvalue weighted by molar-refractivity contribution is -0.137. The van der Waals surface area contributed by atoms with Crippen molar-refractivity contribution in [2.75, 3.05) is 18.4 Å². The van der Waals surface area contributed by atoms with E-state index in [9.17, 15) is 19.2 Å². The molecule has 256 valence electrons. The lowest BCUT2D eigenvalue weighted by atomic mass is 9.96. The topological polar surface area (TPSA) is 152 Å². The monoisotopic (exact) mass is 732 g/mol. The number of benzene rings is 1. The number of aryl methyl sites for hydroxylation is 3. The second-order valence-corrected chi connectivity index (χ2v) is 13.8. The van der Waals surface area contributed by atoms with Crippen molar-refractivity contribution in [3.8, 4) is 11.1 Å². The summed E-state index contributed by atoms with van der Waals surface area (Å²) in [6.07, 6.45) is 7.11. The van der Waals surface area contributed by atoms with Crippen molar-refractivity contribution < 1.29 is 23.6 Å². The zero-order valence-corrected chi connectivity index (χ0v) is 29.3. The van der Waals surface area contributed by atoms with E-state index in [0.29, 0.717) is 39.7 Å². The van der Waals surface area contributed by atoms with Gasteiger partial charge in [-0.05, 0) is 83.9 Å². The molecule has 0 radical (unpaired) electrons. The van der Waals surface area contributed by atoms with E-state index in [-0.39, 0.29) is 49.1 Å². The first kappa shape index (κ1) is 34.3. The van der Waals surface area contributed by atoms with Crippen molar-refractivity contribution in [1.82, 2.24) is 34.9 Å².